The van der Waals surface area contributed by atoms with Gasteiger partial charge in [-0.1, -0.05) is 36.8 Å². The molecule has 10 N–H and O–H groups in total. The minimum Gasteiger partial charge on any atom is -0.480 e. The first-order chi connectivity index (χ1) is 18.1. The van der Waals surface area contributed by atoms with Crippen molar-refractivity contribution in [1.82, 2.24) is 25.9 Å². The third-order valence-corrected chi connectivity index (χ3v) is 5.88. The second-order valence-electron chi connectivity index (χ2n) is 9.05. The maximum absolute atomic E-state index is 13.2. The Morgan fingerprint density at radius 1 is 0.974 bits per heavy atom. The number of aliphatic carboxylic acids is 1. The average Bonchev–Trinajstić information content (AvgIpc) is 3.39. The Labute approximate surface area is 220 Å². The zero-order valence-corrected chi connectivity index (χ0v) is 21.3. The molecule has 5 atom stereocenters. The van der Waals surface area contributed by atoms with E-state index in [2.05, 4.69) is 25.9 Å². The van der Waals surface area contributed by atoms with E-state index < -0.39 is 54.0 Å². The van der Waals surface area contributed by atoms with E-state index in [-0.39, 0.29) is 12.8 Å². The maximum atomic E-state index is 13.2. The predicted molar refractivity (Wildman–Crippen MR) is 138 cm³/mol. The topological polar surface area (TPSA) is 226 Å². The molecule has 1 aromatic carbocycles. The quantitative estimate of drug-likeness (QED) is 0.119. The Morgan fingerprint density at radius 3 is 2.24 bits per heavy atom. The van der Waals surface area contributed by atoms with Crippen molar-refractivity contribution in [3.63, 3.8) is 0 Å². The first kappa shape index (κ1) is 30.4. The highest BCUT2D eigenvalue weighted by Crippen LogP contribution is 2.07. The van der Waals surface area contributed by atoms with Gasteiger partial charge in [0.2, 0.25) is 17.7 Å². The molecule has 2 rings (SSSR count). The molecule has 1 heterocycles. The molecule has 1 aromatic heterocycles. The summed E-state index contributed by atoms with van der Waals surface area (Å²) in [5.74, 6) is -3.47. The number of imidazole rings is 1. The van der Waals surface area contributed by atoms with Crippen molar-refractivity contribution in [3.8, 4) is 0 Å². The summed E-state index contributed by atoms with van der Waals surface area (Å²) in [5, 5.41) is 27.3. The highest BCUT2D eigenvalue weighted by atomic mass is 16.4. The molecule has 0 saturated carbocycles. The minimum absolute atomic E-state index is 0.0288. The number of hydrogen-bond acceptors (Lipinski definition) is 8. The molecular weight excluding hydrogens is 494 g/mol. The van der Waals surface area contributed by atoms with Crippen LogP contribution in [0.4, 0.5) is 0 Å². The van der Waals surface area contributed by atoms with Gasteiger partial charge in [0.1, 0.15) is 18.1 Å². The molecular formula is C25H37N7O6. The van der Waals surface area contributed by atoms with Crippen LogP contribution in [0.1, 0.15) is 37.4 Å². The zero-order chi connectivity index (χ0) is 28.1. The molecule has 0 saturated heterocycles. The number of H-pyrrole nitrogens is 1. The van der Waals surface area contributed by atoms with Gasteiger partial charge in [-0.05, 0) is 31.9 Å². The van der Waals surface area contributed by atoms with Gasteiger partial charge in [0.25, 0.3) is 0 Å². The Balaban J connectivity index is 2.15. The van der Waals surface area contributed by atoms with Crippen LogP contribution in [0.2, 0.25) is 0 Å². The van der Waals surface area contributed by atoms with Crippen molar-refractivity contribution >= 4 is 23.7 Å². The number of carboxylic acids is 1. The third-order valence-electron chi connectivity index (χ3n) is 5.88. The summed E-state index contributed by atoms with van der Waals surface area (Å²) >= 11 is 0. The van der Waals surface area contributed by atoms with Crippen LogP contribution in [0, 0.1) is 0 Å². The second-order valence-corrected chi connectivity index (χ2v) is 9.05. The van der Waals surface area contributed by atoms with Crippen molar-refractivity contribution in [3.05, 3.63) is 54.1 Å². The number of carbonyl (C=O) groups excluding carboxylic acids is 3. The van der Waals surface area contributed by atoms with E-state index in [9.17, 15) is 29.4 Å². The number of rotatable bonds is 16. The average molecular weight is 532 g/mol. The fourth-order valence-corrected chi connectivity index (χ4v) is 3.71. The fourth-order valence-electron chi connectivity index (χ4n) is 3.71. The molecule has 0 spiro atoms. The maximum Gasteiger partial charge on any atom is 0.326 e. The van der Waals surface area contributed by atoms with Gasteiger partial charge in [-0.3, -0.25) is 14.4 Å². The molecule has 13 nitrogen and oxygen atoms in total. The Bertz CT molecular complexity index is 1030. The minimum atomic E-state index is -1.40. The standard InChI is InChI=1S/C25H37N7O6/c1-15(33)21(32-22(34)18(27)9-5-6-10-26)24(36)30-19(12-17-13-28-14-29-17)23(35)31-20(25(37)38)11-16-7-3-2-4-8-16/h2-4,7-8,13-15,18-21,33H,5-6,9-12,26-27H2,1H3,(H,28,29)(H,30,36)(H,31,35)(H,32,34)(H,37,38). The fraction of sp³-hybridized carbons (Fsp3) is 0.480. The number of hydrogen-bond donors (Lipinski definition) is 8. The lowest BCUT2D eigenvalue weighted by Crippen LogP contribution is -2.60. The van der Waals surface area contributed by atoms with Gasteiger partial charge in [0.05, 0.1) is 18.5 Å². The monoisotopic (exact) mass is 531 g/mol. The number of carboxylic acid groups (broad SMARTS) is 1. The van der Waals surface area contributed by atoms with Crippen molar-refractivity contribution in [2.24, 2.45) is 11.5 Å². The number of carbonyl (C=O) groups is 4. The van der Waals surface area contributed by atoms with Gasteiger partial charge in [-0.2, -0.15) is 0 Å². The summed E-state index contributed by atoms with van der Waals surface area (Å²) in [7, 11) is 0. The van der Waals surface area contributed by atoms with E-state index >= 15 is 0 Å². The molecule has 2 aromatic rings. The van der Waals surface area contributed by atoms with Crippen LogP contribution in [-0.4, -0.2) is 80.7 Å². The Kier molecular flexibility index (Phi) is 12.4. The molecule has 0 fully saturated rings. The Hall–Kier alpha value is -3.81. The lowest BCUT2D eigenvalue weighted by Gasteiger charge is -2.26. The normalized spacial score (nSPS) is 14.9. The van der Waals surface area contributed by atoms with Crippen LogP contribution in [0.15, 0.2) is 42.9 Å². The van der Waals surface area contributed by atoms with E-state index in [1.807, 2.05) is 0 Å². The highest BCUT2D eigenvalue weighted by molar-refractivity contribution is 5.94. The van der Waals surface area contributed by atoms with Gasteiger partial charge >= 0.3 is 5.97 Å². The van der Waals surface area contributed by atoms with Crippen LogP contribution in [0.25, 0.3) is 0 Å². The second kappa shape index (κ2) is 15.4. The van der Waals surface area contributed by atoms with Crippen LogP contribution in [-0.2, 0) is 32.0 Å². The molecule has 5 unspecified atom stereocenters. The van der Waals surface area contributed by atoms with E-state index in [4.69, 9.17) is 11.5 Å². The number of aromatic nitrogens is 2. The van der Waals surface area contributed by atoms with Gasteiger partial charge < -0.3 is 42.6 Å². The molecule has 0 aliphatic heterocycles. The summed E-state index contributed by atoms with van der Waals surface area (Å²) in [4.78, 5) is 57.4. The number of aliphatic hydroxyl groups is 1. The van der Waals surface area contributed by atoms with Crippen LogP contribution >= 0.6 is 0 Å². The molecule has 3 amide bonds. The van der Waals surface area contributed by atoms with Crippen molar-refractivity contribution < 1.29 is 29.4 Å². The largest absolute Gasteiger partial charge is 0.480 e. The number of amides is 3. The summed E-state index contributed by atoms with van der Waals surface area (Å²) in [6.07, 6.45) is 3.18. The summed E-state index contributed by atoms with van der Waals surface area (Å²) < 4.78 is 0. The third kappa shape index (κ3) is 9.92. The predicted octanol–water partition coefficient (Wildman–Crippen LogP) is -1.43. The molecule has 0 aliphatic carbocycles. The summed E-state index contributed by atoms with van der Waals surface area (Å²) in [5.41, 5.74) is 12.6. The van der Waals surface area contributed by atoms with E-state index in [0.717, 1.165) is 0 Å². The van der Waals surface area contributed by atoms with Crippen molar-refractivity contribution in [2.45, 2.75) is 69.3 Å². The van der Waals surface area contributed by atoms with Gasteiger partial charge in [0, 0.05) is 24.7 Å². The summed E-state index contributed by atoms with van der Waals surface area (Å²) in [6, 6.07) is 3.97. The molecule has 0 aliphatic rings. The number of nitrogens with one attached hydrogen (secondary N) is 4. The lowest BCUT2D eigenvalue weighted by molar-refractivity contribution is -0.142. The molecule has 0 radical (unpaired) electrons. The highest BCUT2D eigenvalue weighted by Gasteiger charge is 2.32. The molecule has 208 valence electrons. The first-order valence-corrected chi connectivity index (χ1v) is 12.4. The number of unbranched alkanes of at least 4 members (excludes halogenated alkanes) is 1. The molecule has 38 heavy (non-hydrogen) atoms. The number of aliphatic hydroxyl groups excluding tert-OH is 1. The molecule has 13 heteroatoms. The first-order valence-electron chi connectivity index (χ1n) is 12.4. The SMILES string of the molecule is CC(O)C(NC(=O)C(N)CCCCN)C(=O)NC(Cc1cnc[nH]1)C(=O)NC(Cc1ccccc1)C(=O)O. The van der Waals surface area contributed by atoms with Gasteiger partial charge in [0.15, 0.2) is 0 Å². The zero-order valence-electron chi connectivity index (χ0n) is 21.3. The number of nitrogens with two attached hydrogens (primary N) is 2. The number of benzene rings is 1. The Morgan fingerprint density at radius 2 is 1.66 bits per heavy atom. The smallest absolute Gasteiger partial charge is 0.326 e. The summed E-state index contributed by atoms with van der Waals surface area (Å²) in [6.45, 7) is 1.77. The lowest BCUT2D eigenvalue weighted by atomic mass is 10.0. The van der Waals surface area contributed by atoms with Crippen molar-refractivity contribution in [1.29, 1.82) is 0 Å². The van der Waals surface area contributed by atoms with Gasteiger partial charge in [-0.15, -0.1) is 0 Å². The number of nitrogens with zero attached hydrogens (tertiary/aromatic N) is 1. The van der Waals surface area contributed by atoms with E-state index in [0.29, 0.717) is 37.1 Å². The number of aromatic amines is 1. The van der Waals surface area contributed by atoms with Crippen molar-refractivity contribution in [2.75, 3.05) is 6.54 Å². The van der Waals surface area contributed by atoms with E-state index in [1.165, 1.54) is 19.4 Å². The van der Waals surface area contributed by atoms with Gasteiger partial charge in [-0.25, -0.2) is 9.78 Å². The van der Waals surface area contributed by atoms with Crippen LogP contribution in [0.3, 0.4) is 0 Å². The van der Waals surface area contributed by atoms with Crippen LogP contribution < -0.4 is 27.4 Å². The van der Waals surface area contributed by atoms with E-state index in [1.54, 1.807) is 30.3 Å². The molecule has 0 bridgehead atoms. The van der Waals surface area contributed by atoms with Crippen LogP contribution in [0.5, 0.6) is 0 Å².